The van der Waals surface area contributed by atoms with Gasteiger partial charge in [0.15, 0.2) is 24.5 Å². The first-order valence-corrected chi connectivity index (χ1v) is 15.2. The molecular weight excluding hydrogens is 632 g/mol. The maximum atomic E-state index is 13.0. The number of aliphatic carboxylic acids is 1. The lowest BCUT2D eigenvalue weighted by molar-refractivity contribution is -0.287. The summed E-state index contributed by atoms with van der Waals surface area (Å²) in [7, 11) is 0. The van der Waals surface area contributed by atoms with E-state index in [1.807, 2.05) is 48.5 Å². The van der Waals surface area contributed by atoms with E-state index < -0.39 is 85.3 Å². The summed E-state index contributed by atoms with van der Waals surface area (Å²) in [5.74, 6) is -4.67. The number of carbonyl (C=O) groups is 6. The fourth-order valence-corrected chi connectivity index (χ4v) is 5.84. The SMILES string of the molecule is CC(=O)N[C@H]1[C@H](O[C@H](C)[C@H](NC(=O)OCC2c3ccccc3-c3ccccc32)C(=O)O)O[C@@H](COC(C)=O)[C@H](OC(C)=O)[C@H]1OC(C)=O. The topological polar surface area (TPSA) is 202 Å². The molecule has 2 aromatic rings. The molecule has 1 heterocycles. The second kappa shape index (κ2) is 15.7. The van der Waals surface area contributed by atoms with Crippen LogP contribution in [0, 0.1) is 0 Å². The Balaban J connectivity index is 1.52. The molecule has 15 heteroatoms. The number of carboxylic acid groups (broad SMARTS) is 1. The summed E-state index contributed by atoms with van der Waals surface area (Å²) in [5.41, 5.74) is 3.97. The molecule has 0 spiro atoms. The molecule has 4 rings (SSSR count). The van der Waals surface area contributed by atoms with Crippen LogP contribution in [0.2, 0.25) is 0 Å². The van der Waals surface area contributed by atoms with E-state index in [1.165, 1.54) is 6.92 Å². The van der Waals surface area contributed by atoms with Crippen LogP contribution in [0.25, 0.3) is 11.1 Å². The van der Waals surface area contributed by atoms with E-state index in [1.54, 1.807) is 0 Å². The van der Waals surface area contributed by atoms with Gasteiger partial charge >= 0.3 is 30.0 Å². The maximum Gasteiger partial charge on any atom is 0.407 e. The summed E-state index contributed by atoms with van der Waals surface area (Å²) in [6.07, 6.45) is -7.98. The van der Waals surface area contributed by atoms with Crippen molar-refractivity contribution >= 4 is 35.9 Å². The Labute approximate surface area is 276 Å². The van der Waals surface area contributed by atoms with Gasteiger partial charge < -0.3 is 44.2 Å². The van der Waals surface area contributed by atoms with Crippen molar-refractivity contribution in [2.45, 2.75) is 83.3 Å². The van der Waals surface area contributed by atoms with Crippen molar-refractivity contribution in [2.75, 3.05) is 13.2 Å². The molecule has 0 unspecified atom stereocenters. The van der Waals surface area contributed by atoms with Crippen LogP contribution in [0.5, 0.6) is 0 Å². The molecule has 0 saturated carbocycles. The van der Waals surface area contributed by atoms with E-state index in [0.29, 0.717) is 0 Å². The third kappa shape index (κ3) is 8.66. The standard InChI is InChI=1S/C33H38N2O13/c1-16(27(31(40)41)35-33(42)44-14-25-23-12-8-6-10-21(23)22-11-7-9-13-24(22)25)45-32-28(34-17(2)36)30(47-20(5)39)29(46-19(4)38)26(48-32)15-43-18(3)37/h6-13,16,25-30,32H,14-15H2,1-5H3,(H,34,36)(H,35,42)(H,40,41)/t16-,26+,27+,28-,29+,30+,32-/m1/s1. The molecule has 3 N–H and O–H groups in total. The molecule has 0 radical (unpaired) electrons. The molecule has 2 amide bonds. The maximum absolute atomic E-state index is 13.0. The van der Waals surface area contributed by atoms with Gasteiger partial charge in [0.1, 0.15) is 25.4 Å². The third-order valence-corrected chi connectivity index (χ3v) is 7.77. The average molecular weight is 671 g/mol. The van der Waals surface area contributed by atoms with Gasteiger partial charge in [0.05, 0.1) is 6.10 Å². The van der Waals surface area contributed by atoms with Gasteiger partial charge in [-0.3, -0.25) is 19.2 Å². The van der Waals surface area contributed by atoms with Crippen molar-refractivity contribution in [1.29, 1.82) is 0 Å². The summed E-state index contributed by atoms with van der Waals surface area (Å²) >= 11 is 0. The average Bonchev–Trinajstić information content (AvgIpc) is 3.33. The van der Waals surface area contributed by atoms with Crippen molar-refractivity contribution < 1.29 is 62.3 Å². The summed E-state index contributed by atoms with van der Waals surface area (Å²) in [5, 5.41) is 14.9. The van der Waals surface area contributed by atoms with Crippen molar-refractivity contribution in [1.82, 2.24) is 10.6 Å². The number of hydrogen-bond donors (Lipinski definition) is 3. The lowest BCUT2D eigenvalue weighted by Gasteiger charge is -2.45. The van der Waals surface area contributed by atoms with Gasteiger partial charge in [0.25, 0.3) is 0 Å². The number of fused-ring (bicyclic) bond motifs is 3. The van der Waals surface area contributed by atoms with Gasteiger partial charge in [0.2, 0.25) is 5.91 Å². The Hall–Kier alpha value is -5.02. The van der Waals surface area contributed by atoms with E-state index >= 15 is 0 Å². The molecule has 0 bridgehead atoms. The quantitative estimate of drug-likeness (QED) is 0.219. The van der Waals surface area contributed by atoms with Crippen LogP contribution in [0.15, 0.2) is 48.5 Å². The number of amides is 2. The Morgan fingerprint density at radius 2 is 1.35 bits per heavy atom. The number of hydrogen-bond acceptors (Lipinski definition) is 12. The van der Waals surface area contributed by atoms with Gasteiger partial charge in [-0.05, 0) is 29.2 Å². The molecule has 2 aromatic carbocycles. The zero-order valence-corrected chi connectivity index (χ0v) is 27.0. The molecule has 1 saturated heterocycles. The highest BCUT2D eigenvalue weighted by atomic mass is 16.7. The smallest absolute Gasteiger partial charge is 0.407 e. The summed E-state index contributed by atoms with van der Waals surface area (Å²) in [6.45, 7) is 5.26. The lowest BCUT2D eigenvalue weighted by Crippen LogP contribution is -2.67. The number of benzene rings is 2. The van der Waals surface area contributed by atoms with Gasteiger partial charge in [-0.15, -0.1) is 0 Å². The molecule has 15 nitrogen and oxygen atoms in total. The van der Waals surface area contributed by atoms with Gasteiger partial charge in [-0.2, -0.15) is 0 Å². The Bertz CT molecular complexity index is 1500. The first kappa shape index (κ1) is 35.8. The summed E-state index contributed by atoms with van der Waals surface area (Å²) in [6, 6.07) is 12.4. The minimum atomic E-state index is -1.69. The van der Waals surface area contributed by atoms with Crippen LogP contribution in [-0.4, -0.2) is 97.0 Å². The monoisotopic (exact) mass is 670 g/mol. The molecule has 1 fully saturated rings. The highest BCUT2D eigenvalue weighted by Gasteiger charge is 2.52. The van der Waals surface area contributed by atoms with Crippen LogP contribution >= 0.6 is 0 Å². The van der Waals surface area contributed by atoms with Gasteiger partial charge in [0, 0.05) is 33.6 Å². The predicted octanol–water partition coefficient (Wildman–Crippen LogP) is 2.04. The molecule has 7 atom stereocenters. The molecule has 48 heavy (non-hydrogen) atoms. The minimum absolute atomic E-state index is 0.0722. The van der Waals surface area contributed by atoms with Gasteiger partial charge in [-0.25, -0.2) is 9.59 Å². The number of nitrogens with one attached hydrogen (secondary N) is 2. The van der Waals surface area contributed by atoms with Crippen LogP contribution < -0.4 is 10.6 Å². The largest absolute Gasteiger partial charge is 0.480 e. The van der Waals surface area contributed by atoms with Crippen LogP contribution in [0.3, 0.4) is 0 Å². The Kier molecular flexibility index (Phi) is 11.7. The number of esters is 3. The number of carboxylic acids is 1. The molecule has 2 aliphatic rings. The van der Waals surface area contributed by atoms with E-state index in [4.69, 9.17) is 28.4 Å². The highest BCUT2D eigenvalue weighted by Crippen LogP contribution is 2.44. The van der Waals surface area contributed by atoms with E-state index in [0.717, 1.165) is 49.9 Å². The molecule has 1 aliphatic carbocycles. The lowest BCUT2D eigenvalue weighted by atomic mass is 9.95. The summed E-state index contributed by atoms with van der Waals surface area (Å²) in [4.78, 5) is 73.2. The fraction of sp³-hybridized carbons (Fsp3) is 0.455. The van der Waals surface area contributed by atoms with E-state index in [9.17, 15) is 33.9 Å². The van der Waals surface area contributed by atoms with Gasteiger partial charge in [-0.1, -0.05) is 48.5 Å². The zero-order chi connectivity index (χ0) is 35.1. The molecule has 258 valence electrons. The Morgan fingerprint density at radius 1 is 0.792 bits per heavy atom. The first-order chi connectivity index (χ1) is 22.8. The number of carbonyl (C=O) groups excluding carboxylic acids is 5. The van der Waals surface area contributed by atoms with Crippen LogP contribution in [-0.2, 0) is 52.4 Å². The van der Waals surface area contributed by atoms with E-state index in [2.05, 4.69) is 10.6 Å². The summed E-state index contributed by atoms with van der Waals surface area (Å²) < 4.78 is 33.2. The van der Waals surface area contributed by atoms with E-state index in [-0.39, 0.29) is 12.5 Å². The zero-order valence-electron chi connectivity index (χ0n) is 27.0. The molecule has 1 aliphatic heterocycles. The highest BCUT2D eigenvalue weighted by molar-refractivity contribution is 5.81. The molecular formula is C33H38N2O13. The van der Waals surface area contributed by atoms with Crippen molar-refractivity contribution in [2.24, 2.45) is 0 Å². The normalized spacial score (nSPS) is 22.6. The van der Waals surface area contributed by atoms with Crippen molar-refractivity contribution in [3.05, 3.63) is 59.7 Å². The van der Waals surface area contributed by atoms with Crippen LogP contribution in [0.4, 0.5) is 4.79 Å². The van der Waals surface area contributed by atoms with Crippen molar-refractivity contribution in [3.8, 4) is 11.1 Å². The molecule has 0 aromatic heterocycles. The number of ether oxygens (including phenoxy) is 6. The second-order valence-electron chi connectivity index (χ2n) is 11.3. The van der Waals surface area contributed by atoms with Crippen LogP contribution in [0.1, 0.15) is 51.7 Å². The van der Waals surface area contributed by atoms with Crippen molar-refractivity contribution in [3.63, 3.8) is 0 Å². The Morgan fingerprint density at radius 3 is 1.88 bits per heavy atom. The minimum Gasteiger partial charge on any atom is -0.480 e. The second-order valence-corrected chi connectivity index (χ2v) is 11.3. The number of rotatable bonds is 12. The fourth-order valence-electron chi connectivity index (χ4n) is 5.84. The predicted molar refractivity (Wildman–Crippen MR) is 164 cm³/mol. The third-order valence-electron chi connectivity index (χ3n) is 7.77. The number of alkyl carbamates (subject to hydrolysis) is 1. The first-order valence-electron chi connectivity index (χ1n) is 15.2.